The SMILES string of the molecule is O=Cc1cc(Cl)cc(C=CCCNC(=O)OCc2ccccc2)c1. The van der Waals surface area contributed by atoms with Crippen molar-refractivity contribution in [1.82, 2.24) is 5.32 Å². The molecule has 4 nitrogen and oxygen atoms in total. The summed E-state index contributed by atoms with van der Waals surface area (Å²) >= 11 is 5.93. The lowest BCUT2D eigenvalue weighted by atomic mass is 10.1. The van der Waals surface area contributed by atoms with Gasteiger partial charge in [-0.3, -0.25) is 4.79 Å². The second-order valence-electron chi connectivity index (χ2n) is 5.12. The third-order valence-corrected chi connectivity index (χ3v) is 3.40. The molecule has 2 aromatic carbocycles. The maximum absolute atomic E-state index is 11.6. The van der Waals surface area contributed by atoms with Crippen LogP contribution < -0.4 is 5.32 Å². The van der Waals surface area contributed by atoms with Crippen LogP contribution in [0.3, 0.4) is 0 Å². The van der Waals surface area contributed by atoms with Crippen molar-refractivity contribution in [1.29, 1.82) is 0 Å². The topological polar surface area (TPSA) is 55.4 Å². The van der Waals surface area contributed by atoms with E-state index >= 15 is 0 Å². The van der Waals surface area contributed by atoms with Crippen LogP contribution >= 0.6 is 11.6 Å². The van der Waals surface area contributed by atoms with E-state index in [4.69, 9.17) is 16.3 Å². The van der Waals surface area contributed by atoms with E-state index in [-0.39, 0.29) is 6.61 Å². The Labute approximate surface area is 146 Å². The van der Waals surface area contributed by atoms with Crippen molar-refractivity contribution < 1.29 is 14.3 Å². The van der Waals surface area contributed by atoms with Gasteiger partial charge in [-0.05, 0) is 35.7 Å². The molecule has 2 aromatic rings. The van der Waals surface area contributed by atoms with Gasteiger partial charge in [-0.1, -0.05) is 54.1 Å². The molecule has 0 spiro atoms. The molecular weight excluding hydrogens is 326 g/mol. The van der Waals surface area contributed by atoms with Crippen molar-refractivity contribution in [3.63, 3.8) is 0 Å². The first-order chi connectivity index (χ1) is 11.7. The Kier molecular flexibility index (Phi) is 7.05. The van der Waals surface area contributed by atoms with E-state index in [0.717, 1.165) is 17.4 Å². The average Bonchev–Trinajstić information content (AvgIpc) is 2.60. The first-order valence-corrected chi connectivity index (χ1v) is 7.92. The van der Waals surface area contributed by atoms with Gasteiger partial charge in [-0.15, -0.1) is 0 Å². The summed E-state index contributed by atoms with van der Waals surface area (Å²) in [7, 11) is 0. The van der Waals surface area contributed by atoms with Gasteiger partial charge in [0.25, 0.3) is 0 Å². The molecule has 0 bridgehead atoms. The molecule has 0 unspecified atom stereocenters. The number of benzene rings is 2. The minimum absolute atomic E-state index is 0.250. The van der Waals surface area contributed by atoms with Crippen molar-refractivity contribution in [2.24, 2.45) is 0 Å². The monoisotopic (exact) mass is 343 g/mol. The van der Waals surface area contributed by atoms with E-state index in [1.165, 1.54) is 0 Å². The fourth-order valence-corrected chi connectivity index (χ4v) is 2.30. The van der Waals surface area contributed by atoms with Gasteiger partial charge >= 0.3 is 6.09 Å². The highest BCUT2D eigenvalue weighted by Gasteiger charge is 2.01. The lowest BCUT2D eigenvalue weighted by Crippen LogP contribution is -2.24. The predicted molar refractivity (Wildman–Crippen MR) is 95.1 cm³/mol. The number of nitrogens with one attached hydrogen (secondary N) is 1. The van der Waals surface area contributed by atoms with E-state index in [1.54, 1.807) is 18.2 Å². The van der Waals surface area contributed by atoms with Gasteiger partial charge in [0.2, 0.25) is 0 Å². The molecular formula is C19H18ClNO3. The number of rotatable bonds is 7. The zero-order valence-corrected chi connectivity index (χ0v) is 13.8. The lowest BCUT2D eigenvalue weighted by molar-refractivity contribution is 0.112. The second-order valence-corrected chi connectivity index (χ2v) is 5.55. The Balaban J connectivity index is 1.69. The van der Waals surface area contributed by atoms with E-state index in [2.05, 4.69) is 5.32 Å². The predicted octanol–water partition coefficient (Wildman–Crippen LogP) is 4.48. The molecule has 0 aliphatic heterocycles. The number of hydrogen-bond acceptors (Lipinski definition) is 3. The quantitative estimate of drug-likeness (QED) is 0.595. The third kappa shape index (κ3) is 6.26. The molecule has 0 radical (unpaired) electrons. The van der Waals surface area contributed by atoms with Gasteiger partial charge in [-0.25, -0.2) is 4.79 Å². The van der Waals surface area contributed by atoms with Crippen LogP contribution in [0.25, 0.3) is 6.08 Å². The summed E-state index contributed by atoms with van der Waals surface area (Å²) < 4.78 is 5.11. The fraction of sp³-hybridized carbons (Fsp3) is 0.158. The second kappa shape index (κ2) is 9.53. The van der Waals surface area contributed by atoms with Crippen LogP contribution in [0.5, 0.6) is 0 Å². The smallest absolute Gasteiger partial charge is 0.407 e. The summed E-state index contributed by atoms with van der Waals surface area (Å²) in [6.07, 6.45) is 4.71. The lowest BCUT2D eigenvalue weighted by Gasteiger charge is -2.05. The highest BCUT2D eigenvalue weighted by Crippen LogP contribution is 2.15. The molecule has 24 heavy (non-hydrogen) atoms. The molecule has 0 fully saturated rings. The van der Waals surface area contributed by atoms with Crippen LogP contribution in [-0.2, 0) is 11.3 Å². The number of halogens is 1. The summed E-state index contributed by atoms with van der Waals surface area (Å²) in [5, 5.41) is 3.19. The van der Waals surface area contributed by atoms with Gasteiger partial charge in [0.15, 0.2) is 0 Å². The normalized spacial score (nSPS) is 10.5. The fourth-order valence-electron chi connectivity index (χ4n) is 2.05. The summed E-state index contributed by atoms with van der Waals surface area (Å²) in [4.78, 5) is 22.3. The Morgan fingerprint density at radius 3 is 2.62 bits per heavy atom. The van der Waals surface area contributed by atoms with Crippen LogP contribution in [0.2, 0.25) is 5.02 Å². The van der Waals surface area contributed by atoms with Crippen molar-refractivity contribution in [2.45, 2.75) is 13.0 Å². The van der Waals surface area contributed by atoms with Crippen LogP contribution in [0, 0.1) is 0 Å². The average molecular weight is 344 g/mol. The zero-order valence-electron chi connectivity index (χ0n) is 13.1. The molecule has 0 saturated carbocycles. The molecule has 124 valence electrons. The highest BCUT2D eigenvalue weighted by molar-refractivity contribution is 6.31. The number of amides is 1. The molecule has 0 heterocycles. The number of aldehydes is 1. The van der Waals surface area contributed by atoms with Gasteiger partial charge in [0.1, 0.15) is 12.9 Å². The molecule has 2 rings (SSSR count). The van der Waals surface area contributed by atoms with Gasteiger partial charge in [0, 0.05) is 17.1 Å². The summed E-state index contributed by atoms with van der Waals surface area (Å²) in [5.74, 6) is 0. The maximum atomic E-state index is 11.6. The largest absolute Gasteiger partial charge is 0.445 e. The van der Waals surface area contributed by atoms with Gasteiger partial charge in [-0.2, -0.15) is 0 Å². The molecule has 0 saturated heterocycles. The third-order valence-electron chi connectivity index (χ3n) is 3.18. The van der Waals surface area contributed by atoms with Crippen molar-refractivity contribution in [2.75, 3.05) is 6.54 Å². The summed E-state index contributed by atoms with van der Waals surface area (Å²) in [6, 6.07) is 14.6. The van der Waals surface area contributed by atoms with Crippen molar-refractivity contribution in [3.8, 4) is 0 Å². The summed E-state index contributed by atoms with van der Waals surface area (Å²) in [6.45, 7) is 0.713. The Bertz CT molecular complexity index is 714. The van der Waals surface area contributed by atoms with Crippen molar-refractivity contribution >= 4 is 30.1 Å². The van der Waals surface area contributed by atoms with Crippen LogP contribution in [-0.4, -0.2) is 18.9 Å². The molecule has 1 amide bonds. The minimum Gasteiger partial charge on any atom is -0.445 e. The molecule has 0 aromatic heterocycles. The maximum Gasteiger partial charge on any atom is 0.407 e. The zero-order chi connectivity index (χ0) is 17.2. The standard InChI is InChI=1S/C19H18ClNO3/c20-18-11-16(10-17(12-18)13-22)8-4-5-9-21-19(23)24-14-15-6-2-1-3-7-15/h1-4,6-8,10-13H,5,9,14H2,(H,21,23). The van der Waals surface area contributed by atoms with E-state index in [1.807, 2.05) is 42.5 Å². The minimum atomic E-state index is -0.446. The van der Waals surface area contributed by atoms with Crippen LogP contribution in [0.15, 0.2) is 54.6 Å². The molecule has 1 N–H and O–H groups in total. The van der Waals surface area contributed by atoms with E-state index in [0.29, 0.717) is 23.6 Å². The van der Waals surface area contributed by atoms with Gasteiger partial charge < -0.3 is 10.1 Å². The van der Waals surface area contributed by atoms with Crippen LogP contribution in [0.4, 0.5) is 4.79 Å². The Hall–Kier alpha value is -2.59. The number of hydrogen-bond donors (Lipinski definition) is 1. The number of carbonyl (C=O) groups excluding carboxylic acids is 2. The summed E-state index contributed by atoms with van der Waals surface area (Å²) in [5.41, 5.74) is 2.32. The van der Waals surface area contributed by atoms with E-state index in [9.17, 15) is 9.59 Å². The Morgan fingerprint density at radius 1 is 1.12 bits per heavy atom. The first-order valence-electron chi connectivity index (χ1n) is 7.54. The molecule has 5 heteroatoms. The molecule has 0 atom stereocenters. The number of carbonyl (C=O) groups is 2. The molecule has 0 aliphatic rings. The van der Waals surface area contributed by atoms with Crippen LogP contribution in [0.1, 0.15) is 27.9 Å². The van der Waals surface area contributed by atoms with Crippen molar-refractivity contribution in [3.05, 3.63) is 76.3 Å². The number of alkyl carbamates (subject to hydrolysis) is 1. The highest BCUT2D eigenvalue weighted by atomic mass is 35.5. The van der Waals surface area contributed by atoms with E-state index < -0.39 is 6.09 Å². The number of ether oxygens (including phenoxy) is 1. The first kappa shape index (κ1) is 17.8. The Morgan fingerprint density at radius 2 is 1.88 bits per heavy atom. The van der Waals surface area contributed by atoms with Gasteiger partial charge in [0.05, 0.1) is 0 Å². The molecule has 0 aliphatic carbocycles.